The maximum absolute atomic E-state index is 13.2. The summed E-state index contributed by atoms with van der Waals surface area (Å²) in [6, 6.07) is 5.24. The highest BCUT2D eigenvalue weighted by molar-refractivity contribution is 6.64. The van der Waals surface area contributed by atoms with Gasteiger partial charge in [-0.2, -0.15) is 13.2 Å². The molecule has 0 N–H and O–H groups in total. The molecule has 0 aromatic heterocycles. The predicted octanol–water partition coefficient (Wildman–Crippen LogP) is 3.71. The normalized spacial score (nSPS) is 24.5. The number of halogens is 3. The van der Waals surface area contributed by atoms with Gasteiger partial charge >= 0.3 is 13.3 Å². The lowest BCUT2D eigenvalue weighted by atomic mass is 9.72. The van der Waals surface area contributed by atoms with Crippen molar-refractivity contribution in [2.75, 3.05) is 13.1 Å². The van der Waals surface area contributed by atoms with Gasteiger partial charge in [-0.25, -0.2) is 0 Å². The summed E-state index contributed by atoms with van der Waals surface area (Å²) < 4.78 is 51.7. The van der Waals surface area contributed by atoms with E-state index in [1.54, 1.807) is 12.1 Å². The van der Waals surface area contributed by atoms with Gasteiger partial charge in [0.25, 0.3) is 5.91 Å². The summed E-state index contributed by atoms with van der Waals surface area (Å²) in [6.07, 6.45) is -3.89. The molecule has 1 amide bonds. The number of hydrogen-bond acceptors (Lipinski definition) is 3. The monoisotopic (exact) mass is 397 g/mol. The van der Waals surface area contributed by atoms with E-state index in [4.69, 9.17) is 9.31 Å². The lowest BCUT2D eigenvalue weighted by Crippen LogP contribution is -2.48. The smallest absolute Gasteiger partial charge is 0.399 e. The Kier molecular flexibility index (Phi) is 5.34. The molecule has 2 fully saturated rings. The molecule has 0 bridgehead atoms. The van der Waals surface area contributed by atoms with Crippen molar-refractivity contribution in [2.24, 2.45) is 5.92 Å². The first kappa shape index (κ1) is 21.2. The largest absolute Gasteiger partial charge is 0.495 e. The quantitative estimate of drug-likeness (QED) is 0.715. The average Bonchev–Trinajstić information content (AvgIpc) is 2.80. The van der Waals surface area contributed by atoms with E-state index >= 15 is 0 Å². The molecule has 3 rings (SSSR count). The molecular formula is C20H27BF3NO3. The third-order valence-corrected chi connectivity index (χ3v) is 6.21. The third-order valence-electron chi connectivity index (χ3n) is 6.21. The van der Waals surface area contributed by atoms with Gasteiger partial charge in [-0.15, -0.1) is 0 Å². The average molecular weight is 397 g/mol. The zero-order valence-electron chi connectivity index (χ0n) is 17.0. The fourth-order valence-electron chi connectivity index (χ4n) is 3.74. The van der Waals surface area contributed by atoms with E-state index in [0.717, 1.165) is 5.56 Å². The molecule has 28 heavy (non-hydrogen) atoms. The molecular weight excluding hydrogens is 370 g/mol. The SMILES string of the molecule is Cc1cccc(C(=O)N2CCCC(C(F)(F)F)C2)c1B1OC(C)(C)C(C)(C)O1. The highest BCUT2D eigenvalue weighted by atomic mass is 19.4. The predicted molar refractivity (Wildman–Crippen MR) is 102 cm³/mol. The van der Waals surface area contributed by atoms with Gasteiger partial charge in [0.1, 0.15) is 0 Å². The maximum atomic E-state index is 13.2. The Morgan fingerprint density at radius 2 is 1.79 bits per heavy atom. The second-order valence-corrected chi connectivity index (χ2v) is 8.76. The molecule has 2 aliphatic heterocycles. The van der Waals surface area contributed by atoms with E-state index in [1.165, 1.54) is 4.90 Å². The van der Waals surface area contributed by atoms with Crippen LogP contribution in [0.3, 0.4) is 0 Å². The van der Waals surface area contributed by atoms with Gasteiger partial charge in [-0.1, -0.05) is 17.7 Å². The van der Waals surface area contributed by atoms with Crippen LogP contribution in [0.25, 0.3) is 0 Å². The summed E-state index contributed by atoms with van der Waals surface area (Å²) in [5, 5.41) is 0. The minimum atomic E-state index is -4.29. The van der Waals surface area contributed by atoms with Crippen molar-refractivity contribution in [3.63, 3.8) is 0 Å². The van der Waals surface area contributed by atoms with Crippen molar-refractivity contribution < 1.29 is 27.3 Å². The Balaban J connectivity index is 1.92. The number of amides is 1. The van der Waals surface area contributed by atoms with Crippen LogP contribution < -0.4 is 5.46 Å². The molecule has 2 saturated heterocycles. The van der Waals surface area contributed by atoms with E-state index in [1.807, 2.05) is 40.7 Å². The van der Waals surface area contributed by atoms with Crippen LogP contribution in [0.4, 0.5) is 13.2 Å². The lowest BCUT2D eigenvalue weighted by molar-refractivity contribution is -0.184. The molecule has 8 heteroatoms. The molecule has 0 radical (unpaired) electrons. The van der Waals surface area contributed by atoms with E-state index in [2.05, 4.69) is 0 Å². The molecule has 1 atom stereocenters. The van der Waals surface area contributed by atoms with E-state index in [9.17, 15) is 18.0 Å². The molecule has 2 aliphatic rings. The van der Waals surface area contributed by atoms with Crippen LogP contribution in [0.2, 0.25) is 0 Å². The Morgan fingerprint density at radius 1 is 1.18 bits per heavy atom. The Bertz CT molecular complexity index is 748. The van der Waals surface area contributed by atoms with E-state index < -0.39 is 36.3 Å². The second-order valence-electron chi connectivity index (χ2n) is 8.76. The van der Waals surface area contributed by atoms with Crippen molar-refractivity contribution in [3.05, 3.63) is 29.3 Å². The van der Waals surface area contributed by atoms with Gasteiger partial charge in [0, 0.05) is 18.7 Å². The second kappa shape index (κ2) is 7.06. The molecule has 0 spiro atoms. The summed E-state index contributed by atoms with van der Waals surface area (Å²) in [5.74, 6) is -1.88. The molecule has 0 saturated carbocycles. The van der Waals surface area contributed by atoms with Crippen LogP contribution in [0.15, 0.2) is 18.2 Å². The van der Waals surface area contributed by atoms with Gasteiger partial charge in [0.2, 0.25) is 0 Å². The highest BCUT2D eigenvalue weighted by Gasteiger charge is 2.53. The summed E-state index contributed by atoms with van der Waals surface area (Å²) in [4.78, 5) is 14.5. The molecule has 0 aliphatic carbocycles. The number of alkyl halides is 3. The topological polar surface area (TPSA) is 38.8 Å². The Morgan fingerprint density at radius 3 is 2.36 bits per heavy atom. The zero-order chi connectivity index (χ0) is 20.9. The lowest BCUT2D eigenvalue weighted by Gasteiger charge is -2.34. The molecule has 1 unspecified atom stereocenters. The summed E-state index contributed by atoms with van der Waals surface area (Å²) in [7, 11) is -0.742. The maximum Gasteiger partial charge on any atom is 0.495 e. The number of piperidine rings is 1. The minimum absolute atomic E-state index is 0.0607. The van der Waals surface area contributed by atoms with E-state index in [-0.39, 0.29) is 13.0 Å². The van der Waals surface area contributed by atoms with Gasteiger partial charge in [0.15, 0.2) is 0 Å². The number of rotatable bonds is 2. The van der Waals surface area contributed by atoms with Crippen molar-refractivity contribution in [1.82, 2.24) is 4.90 Å². The first-order chi connectivity index (χ1) is 12.8. The number of carbonyl (C=O) groups excluding carboxylic acids is 1. The van der Waals surface area contributed by atoms with E-state index in [0.29, 0.717) is 24.0 Å². The first-order valence-electron chi connectivity index (χ1n) is 9.64. The third kappa shape index (κ3) is 3.81. The van der Waals surface area contributed by atoms with Gasteiger partial charge in [-0.05, 0) is 59.0 Å². The number of aryl methyl sites for hydroxylation is 1. The number of likely N-dealkylation sites (tertiary alicyclic amines) is 1. The van der Waals surface area contributed by atoms with Crippen LogP contribution in [-0.2, 0) is 9.31 Å². The summed E-state index contributed by atoms with van der Waals surface area (Å²) in [6.45, 7) is 9.56. The van der Waals surface area contributed by atoms with Crippen molar-refractivity contribution in [2.45, 2.75) is 64.8 Å². The molecule has 2 heterocycles. The van der Waals surface area contributed by atoms with Crippen molar-refractivity contribution >= 4 is 18.5 Å². The fraction of sp³-hybridized carbons (Fsp3) is 0.650. The number of benzene rings is 1. The number of hydrogen-bond donors (Lipinski definition) is 0. The summed E-state index contributed by atoms with van der Waals surface area (Å²) >= 11 is 0. The van der Waals surface area contributed by atoms with Crippen LogP contribution in [0, 0.1) is 12.8 Å². The Hall–Kier alpha value is -1.54. The number of carbonyl (C=O) groups is 1. The highest BCUT2D eigenvalue weighted by Crippen LogP contribution is 2.37. The first-order valence-corrected chi connectivity index (χ1v) is 9.64. The standard InChI is InChI=1S/C20H27BF3NO3/c1-13-8-6-10-15(16(13)21-27-18(2,3)19(4,5)28-21)17(26)25-11-7-9-14(12-25)20(22,23)24/h6,8,10,14H,7,9,11-12H2,1-5H3. The van der Waals surface area contributed by atoms with Gasteiger partial charge in [-0.3, -0.25) is 4.79 Å². The van der Waals surface area contributed by atoms with Crippen molar-refractivity contribution in [3.8, 4) is 0 Å². The number of nitrogens with zero attached hydrogens (tertiary/aromatic N) is 1. The van der Waals surface area contributed by atoms with Crippen LogP contribution >= 0.6 is 0 Å². The zero-order valence-corrected chi connectivity index (χ0v) is 17.0. The van der Waals surface area contributed by atoms with Crippen LogP contribution in [0.5, 0.6) is 0 Å². The fourth-order valence-corrected chi connectivity index (χ4v) is 3.74. The molecule has 4 nitrogen and oxygen atoms in total. The summed E-state index contributed by atoms with van der Waals surface area (Å²) in [5.41, 5.74) is 0.606. The Labute approximate surface area is 164 Å². The molecule has 1 aromatic rings. The van der Waals surface area contributed by atoms with Gasteiger partial charge < -0.3 is 14.2 Å². The van der Waals surface area contributed by atoms with Crippen LogP contribution in [0.1, 0.15) is 56.5 Å². The minimum Gasteiger partial charge on any atom is -0.399 e. The molecule has 1 aromatic carbocycles. The molecule has 154 valence electrons. The van der Waals surface area contributed by atoms with Crippen molar-refractivity contribution in [1.29, 1.82) is 0 Å². The van der Waals surface area contributed by atoms with Gasteiger partial charge in [0.05, 0.1) is 17.1 Å². The van der Waals surface area contributed by atoms with Crippen LogP contribution in [-0.4, -0.2) is 48.4 Å².